The van der Waals surface area contributed by atoms with Gasteiger partial charge in [0, 0.05) is 44.1 Å². The van der Waals surface area contributed by atoms with Gasteiger partial charge < -0.3 is 25.7 Å². The van der Waals surface area contributed by atoms with Gasteiger partial charge in [-0.3, -0.25) is 4.79 Å². The molecule has 0 aromatic heterocycles. The first-order chi connectivity index (χ1) is 13.1. The van der Waals surface area contributed by atoms with E-state index in [4.69, 9.17) is 10.1 Å². The van der Waals surface area contributed by atoms with E-state index < -0.39 is 17.5 Å². The maximum Gasteiger partial charge on any atom is 0.293 e. The Morgan fingerprint density at radius 2 is 1.82 bits per heavy atom. The molecule has 8 heteroatoms. The van der Waals surface area contributed by atoms with Crippen LogP contribution in [0.3, 0.4) is 0 Å². The predicted octanol–water partition coefficient (Wildman–Crippen LogP) is 3.12. The van der Waals surface area contributed by atoms with Gasteiger partial charge in [0.05, 0.1) is 0 Å². The summed E-state index contributed by atoms with van der Waals surface area (Å²) >= 11 is 0. The van der Waals surface area contributed by atoms with Gasteiger partial charge in [0.15, 0.2) is 0 Å². The van der Waals surface area contributed by atoms with Crippen molar-refractivity contribution in [2.75, 3.05) is 31.5 Å². The smallest absolute Gasteiger partial charge is 0.293 e. The molecule has 1 aliphatic rings. The third-order valence-corrected chi connectivity index (χ3v) is 4.67. The van der Waals surface area contributed by atoms with Crippen molar-refractivity contribution in [1.29, 1.82) is 5.41 Å². The first-order valence-electron chi connectivity index (χ1n) is 9.26. The number of benzene rings is 1. The minimum Gasteiger partial charge on any atom is -0.483 e. The van der Waals surface area contributed by atoms with Gasteiger partial charge in [0.2, 0.25) is 5.76 Å². The highest BCUT2D eigenvalue weighted by molar-refractivity contribution is 6.05. The molecule has 6 nitrogen and oxygen atoms in total. The number of allylic oxidation sites excluding steroid dienone is 1. The van der Waals surface area contributed by atoms with Crippen molar-refractivity contribution < 1.29 is 18.3 Å². The first kappa shape index (κ1) is 21.8. The molecular formula is C20H28F2N4O2. The lowest BCUT2D eigenvalue weighted by Gasteiger charge is -2.33. The highest BCUT2D eigenvalue weighted by atomic mass is 19.1. The number of rotatable bonds is 6. The lowest BCUT2D eigenvalue weighted by atomic mass is 9.90. The molecule has 1 unspecified atom stereocenters. The largest absolute Gasteiger partial charge is 0.483 e. The Morgan fingerprint density at radius 1 is 1.25 bits per heavy atom. The van der Waals surface area contributed by atoms with E-state index >= 15 is 0 Å². The minimum atomic E-state index is -0.792. The summed E-state index contributed by atoms with van der Waals surface area (Å²) in [6.07, 6.45) is 0.747. The van der Waals surface area contributed by atoms with E-state index in [2.05, 4.69) is 10.6 Å². The van der Waals surface area contributed by atoms with Crippen LogP contribution in [0.1, 0.15) is 27.7 Å². The minimum absolute atomic E-state index is 0.0170. The fourth-order valence-corrected chi connectivity index (χ4v) is 2.60. The van der Waals surface area contributed by atoms with Crippen LogP contribution in [0, 0.1) is 22.5 Å². The summed E-state index contributed by atoms with van der Waals surface area (Å²) in [5.74, 6) is -2.28. The molecular weight excluding hydrogens is 366 g/mol. The second-order valence-electron chi connectivity index (χ2n) is 7.83. The first-order valence-corrected chi connectivity index (χ1v) is 9.26. The Morgan fingerprint density at radius 3 is 2.32 bits per heavy atom. The Kier molecular flexibility index (Phi) is 7.12. The van der Waals surface area contributed by atoms with Crippen molar-refractivity contribution in [3.63, 3.8) is 0 Å². The van der Waals surface area contributed by atoms with Crippen LogP contribution in [0.25, 0.3) is 0 Å². The SMILES string of the molecule is CC(O/C(C(=O)Nc1cc(F)cc(F)c1)=C(/C=N)N1CCNCC1)C(C)(C)C. The molecule has 1 fully saturated rings. The van der Waals surface area contributed by atoms with E-state index in [1.807, 2.05) is 32.6 Å². The van der Waals surface area contributed by atoms with Gasteiger partial charge in [0.1, 0.15) is 23.4 Å². The molecule has 1 saturated heterocycles. The van der Waals surface area contributed by atoms with Gasteiger partial charge in [-0.2, -0.15) is 0 Å². The summed E-state index contributed by atoms with van der Waals surface area (Å²) < 4.78 is 32.9. The lowest BCUT2D eigenvalue weighted by Crippen LogP contribution is -2.44. The number of carbonyl (C=O) groups is 1. The zero-order valence-corrected chi connectivity index (χ0v) is 16.7. The van der Waals surface area contributed by atoms with Crippen LogP contribution in [-0.2, 0) is 9.53 Å². The second kappa shape index (κ2) is 9.14. The Labute approximate surface area is 164 Å². The van der Waals surface area contributed by atoms with Crippen molar-refractivity contribution in [1.82, 2.24) is 10.2 Å². The summed E-state index contributed by atoms with van der Waals surface area (Å²) in [6.45, 7) is 10.4. The van der Waals surface area contributed by atoms with Crippen molar-refractivity contribution in [3.8, 4) is 0 Å². The van der Waals surface area contributed by atoms with Crippen LogP contribution in [0.15, 0.2) is 29.7 Å². The van der Waals surface area contributed by atoms with E-state index in [0.29, 0.717) is 18.8 Å². The van der Waals surface area contributed by atoms with E-state index in [-0.39, 0.29) is 23.0 Å². The third-order valence-electron chi connectivity index (χ3n) is 4.67. The maximum atomic E-state index is 13.5. The summed E-state index contributed by atoms with van der Waals surface area (Å²) in [5.41, 5.74) is 0.0659. The monoisotopic (exact) mass is 394 g/mol. The predicted molar refractivity (Wildman–Crippen MR) is 105 cm³/mol. The molecule has 1 aromatic carbocycles. The molecule has 0 saturated carbocycles. The number of hydrogen-bond donors (Lipinski definition) is 3. The number of piperazine rings is 1. The van der Waals surface area contributed by atoms with Crippen LogP contribution in [0.4, 0.5) is 14.5 Å². The van der Waals surface area contributed by atoms with Gasteiger partial charge in [-0.1, -0.05) is 20.8 Å². The quantitative estimate of drug-likeness (QED) is 0.394. The molecule has 1 atom stereocenters. The number of ether oxygens (including phenoxy) is 1. The molecule has 1 aliphatic heterocycles. The number of halogens is 2. The molecule has 3 N–H and O–H groups in total. The van der Waals surface area contributed by atoms with E-state index in [9.17, 15) is 13.6 Å². The molecule has 2 rings (SSSR count). The molecule has 0 radical (unpaired) electrons. The molecule has 0 aliphatic carbocycles. The number of hydrogen-bond acceptors (Lipinski definition) is 5. The summed E-state index contributed by atoms with van der Waals surface area (Å²) in [6, 6.07) is 2.79. The normalized spacial score (nSPS) is 16.9. The number of amides is 1. The number of anilines is 1. The van der Waals surface area contributed by atoms with Gasteiger partial charge in [-0.15, -0.1) is 0 Å². The van der Waals surface area contributed by atoms with Crippen LogP contribution < -0.4 is 10.6 Å². The van der Waals surface area contributed by atoms with Gasteiger partial charge >= 0.3 is 0 Å². The van der Waals surface area contributed by atoms with Gasteiger partial charge in [0.25, 0.3) is 5.91 Å². The third kappa shape index (κ3) is 5.76. The average Bonchev–Trinajstić information content (AvgIpc) is 2.60. The summed E-state index contributed by atoms with van der Waals surface area (Å²) in [7, 11) is 0. The van der Waals surface area contributed by atoms with E-state index in [1.165, 1.54) is 0 Å². The maximum absolute atomic E-state index is 13.5. The summed E-state index contributed by atoms with van der Waals surface area (Å²) in [5, 5.41) is 13.5. The lowest BCUT2D eigenvalue weighted by molar-refractivity contribution is -0.118. The van der Waals surface area contributed by atoms with E-state index in [1.54, 1.807) is 0 Å². The van der Waals surface area contributed by atoms with Crippen molar-refractivity contribution in [3.05, 3.63) is 41.3 Å². The van der Waals surface area contributed by atoms with Crippen LogP contribution in [0.2, 0.25) is 0 Å². The molecule has 1 amide bonds. The number of carbonyl (C=O) groups excluding carboxylic acids is 1. The van der Waals surface area contributed by atoms with Crippen LogP contribution >= 0.6 is 0 Å². The number of nitrogens with zero attached hydrogens (tertiary/aromatic N) is 1. The van der Waals surface area contributed by atoms with Gasteiger partial charge in [-0.05, 0) is 24.5 Å². The zero-order chi connectivity index (χ0) is 20.9. The zero-order valence-electron chi connectivity index (χ0n) is 16.7. The fourth-order valence-electron chi connectivity index (χ4n) is 2.60. The number of nitrogens with one attached hydrogen (secondary N) is 3. The van der Waals surface area contributed by atoms with Crippen LogP contribution in [0.5, 0.6) is 0 Å². The average molecular weight is 394 g/mol. The molecule has 1 aromatic rings. The van der Waals surface area contributed by atoms with Crippen LogP contribution in [-0.4, -0.2) is 49.3 Å². The Bertz CT molecular complexity index is 733. The topological polar surface area (TPSA) is 77.5 Å². The van der Waals surface area contributed by atoms with Crippen molar-refractivity contribution >= 4 is 17.8 Å². The van der Waals surface area contributed by atoms with E-state index in [0.717, 1.165) is 37.5 Å². The molecule has 0 spiro atoms. The highest BCUT2D eigenvalue weighted by Crippen LogP contribution is 2.26. The molecule has 1 heterocycles. The fraction of sp³-hybridized carbons (Fsp3) is 0.500. The second-order valence-corrected chi connectivity index (χ2v) is 7.83. The Hall–Kier alpha value is -2.48. The molecule has 154 valence electrons. The Balaban J connectivity index is 2.39. The van der Waals surface area contributed by atoms with Crippen molar-refractivity contribution in [2.45, 2.75) is 33.8 Å². The van der Waals surface area contributed by atoms with Crippen molar-refractivity contribution in [2.24, 2.45) is 5.41 Å². The molecule has 28 heavy (non-hydrogen) atoms. The standard InChI is InChI=1S/C20H28F2N4O2/c1-13(20(2,3)4)28-18(17(12-23)26-7-5-24-6-8-26)19(27)25-16-10-14(21)9-15(22)11-16/h9-13,23-24H,5-8H2,1-4H3,(H,25,27)/b18-17-,23-12?. The summed E-state index contributed by atoms with van der Waals surface area (Å²) in [4.78, 5) is 14.8. The molecule has 0 bridgehead atoms. The van der Waals surface area contributed by atoms with Gasteiger partial charge in [-0.25, -0.2) is 8.78 Å². The highest BCUT2D eigenvalue weighted by Gasteiger charge is 2.29.